The summed E-state index contributed by atoms with van der Waals surface area (Å²) in [5.74, 6) is 7.14. The fourth-order valence-electron chi connectivity index (χ4n) is 3.40. The van der Waals surface area contributed by atoms with E-state index in [0.29, 0.717) is 12.3 Å². The fraction of sp³-hybridized carbons (Fsp3) is 0.733. The Kier molecular flexibility index (Phi) is 4.05. The van der Waals surface area contributed by atoms with Crippen LogP contribution in [-0.2, 0) is 4.79 Å². The summed E-state index contributed by atoms with van der Waals surface area (Å²) in [6, 6.07) is 0.150. The van der Waals surface area contributed by atoms with Gasteiger partial charge in [-0.05, 0) is 18.8 Å². The van der Waals surface area contributed by atoms with Crippen molar-refractivity contribution in [2.75, 3.05) is 0 Å². The summed E-state index contributed by atoms with van der Waals surface area (Å²) in [5, 5.41) is 1.46. The Bertz CT molecular complexity index is 439. The Labute approximate surface area is 119 Å². The van der Waals surface area contributed by atoms with Gasteiger partial charge in [0.05, 0.1) is 18.1 Å². The van der Waals surface area contributed by atoms with E-state index in [1.54, 1.807) is 6.33 Å². The number of nitrogens with two attached hydrogens (primary N) is 1. The van der Waals surface area contributed by atoms with Crippen LogP contribution in [0.1, 0.15) is 63.0 Å². The summed E-state index contributed by atoms with van der Waals surface area (Å²) < 4.78 is 0. The number of carbonyl (C=O) groups is 1. The van der Waals surface area contributed by atoms with Gasteiger partial charge in [0.1, 0.15) is 0 Å². The van der Waals surface area contributed by atoms with E-state index in [0.717, 1.165) is 24.5 Å². The first kappa shape index (κ1) is 13.6. The van der Waals surface area contributed by atoms with Gasteiger partial charge in [0.15, 0.2) is 0 Å². The Morgan fingerprint density at radius 1 is 1.40 bits per heavy atom. The van der Waals surface area contributed by atoms with Gasteiger partial charge in [-0.25, -0.2) is 10.8 Å². The Hall–Kier alpha value is -1.36. The molecule has 0 radical (unpaired) electrons. The van der Waals surface area contributed by atoms with Gasteiger partial charge in [-0.3, -0.25) is 9.80 Å². The molecule has 0 aliphatic heterocycles. The number of H-pyrrole nitrogens is 1. The molecular weight excluding hydrogens is 252 g/mol. The van der Waals surface area contributed by atoms with E-state index in [1.807, 2.05) is 6.20 Å². The maximum atomic E-state index is 12.2. The van der Waals surface area contributed by atoms with Gasteiger partial charge >= 0.3 is 0 Å². The number of hydrogen-bond acceptors (Lipinski definition) is 3. The van der Waals surface area contributed by atoms with E-state index >= 15 is 0 Å². The van der Waals surface area contributed by atoms with E-state index < -0.39 is 0 Å². The molecule has 110 valence electrons. The number of aromatic nitrogens is 2. The molecule has 5 heteroatoms. The minimum Gasteiger partial charge on any atom is -0.351 e. The van der Waals surface area contributed by atoms with Gasteiger partial charge < -0.3 is 4.98 Å². The van der Waals surface area contributed by atoms with Crippen molar-refractivity contribution in [1.29, 1.82) is 0 Å². The van der Waals surface area contributed by atoms with Crippen molar-refractivity contribution >= 4 is 5.91 Å². The number of hydrazine groups is 1. The van der Waals surface area contributed by atoms with Crippen LogP contribution >= 0.6 is 0 Å². The molecule has 0 saturated heterocycles. The second kappa shape index (κ2) is 5.95. The zero-order valence-electron chi connectivity index (χ0n) is 11.9. The van der Waals surface area contributed by atoms with E-state index in [4.69, 9.17) is 5.84 Å². The topological polar surface area (TPSA) is 75.0 Å². The van der Waals surface area contributed by atoms with Crippen molar-refractivity contribution in [1.82, 2.24) is 15.0 Å². The second-order valence-electron chi connectivity index (χ2n) is 6.25. The molecular formula is C15H24N4O. The summed E-state index contributed by atoms with van der Waals surface area (Å²) >= 11 is 0. The first-order valence-corrected chi connectivity index (χ1v) is 7.81. The molecule has 1 heterocycles. The van der Waals surface area contributed by atoms with Crippen LogP contribution in [-0.4, -0.2) is 26.9 Å². The molecule has 1 aromatic heterocycles. The van der Waals surface area contributed by atoms with E-state index in [2.05, 4.69) is 9.97 Å². The van der Waals surface area contributed by atoms with Gasteiger partial charge in [-0.2, -0.15) is 0 Å². The van der Waals surface area contributed by atoms with Crippen molar-refractivity contribution < 1.29 is 4.79 Å². The van der Waals surface area contributed by atoms with Crippen LogP contribution in [0.3, 0.4) is 0 Å². The largest absolute Gasteiger partial charge is 0.351 e. The minimum atomic E-state index is 0.0959. The maximum absolute atomic E-state index is 12.2. The van der Waals surface area contributed by atoms with Gasteiger partial charge in [-0.1, -0.05) is 32.1 Å². The molecule has 2 saturated carbocycles. The maximum Gasteiger partial charge on any atom is 0.236 e. The zero-order valence-corrected chi connectivity index (χ0v) is 11.9. The van der Waals surface area contributed by atoms with Gasteiger partial charge in [0, 0.05) is 18.5 Å². The quantitative estimate of drug-likeness (QED) is 0.492. The Morgan fingerprint density at radius 3 is 2.90 bits per heavy atom. The molecule has 0 aromatic carbocycles. The SMILES string of the molecule is NN(C(=O)CCC1CCCCC1)[C@H]1CC1c1c[nH]cn1. The van der Waals surface area contributed by atoms with Gasteiger partial charge in [-0.15, -0.1) is 0 Å². The molecule has 3 N–H and O–H groups in total. The van der Waals surface area contributed by atoms with E-state index in [1.165, 1.54) is 37.1 Å². The lowest BCUT2D eigenvalue weighted by atomic mass is 9.86. The molecule has 0 bridgehead atoms. The van der Waals surface area contributed by atoms with Crippen LogP contribution in [0.25, 0.3) is 0 Å². The number of carbonyl (C=O) groups excluding carboxylic acids is 1. The molecule has 0 spiro atoms. The number of imidazole rings is 1. The Balaban J connectivity index is 1.43. The van der Waals surface area contributed by atoms with Crippen LogP contribution in [0.5, 0.6) is 0 Å². The van der Waals surface area contributed by atoms with Crippen molar-refractivity contribution in [3.8, 4) is 0 Å². The van der Waals surface area contributed by atoms with E-state index in [-0.39, 0.29) is 11.9 Å². The molecule has 20 heavy (non-hydrogen) atoms. The average molecular weight is 276 g/mol. The summed E-state index contributed by atoms with van der Waals surface area (Å²) in [4.78, 5) is 19.3. The second-order valence-corrected chi connectivity index (χ2v) is 6.25. The van der Waals surface area contributed by atoms with Crippen molar-refractivity contribution in [2.45, 2.75) is 63.3 Å². The normalized spacial score (nSPS) is 26.4. The third-order valence-corrected chi connectivity index (χ3v) is 4.79. The molecule has 1 amide bonds. The molecule has 2 aliphatic rings. The van der Waals surface area contributed by atoms with Gasteiger partial charge in [0.2, 0.25) is 5.91 Å². The van der Waals surface area contributed by atoms with Crippen LogP contribution < -0.4 is 5.84 Å². The summed E-state index contributed by atoms with van der Waals surface area (Å²) in [7, 11) is 0. The molecule has 1 unspecified atom stereocenters. The highest BCUT2D eigenvalue weighted by Gasteiger charge is 2.45. The average Bonchev–Trinajstić information content (AvgIpc) is 3.10. The smallest absolute Gasteiger partial charge is 0.236 e. The highest BCUT2D eigenvalue weighted by atomic mass is 16.2. The highest BCUT2D eigenvalue weighted by molar-refractivity contribution is 5.76. The number of rotatable bonds is 5. The summed E-state index contributed by atoms with van der Waals surface area (Å²) in [5.41, 5.74) is 1.02. The third-order valence-electron chi connectivity index (χ3n) is 4.79. The van der Waals surface area contributed by atoms with Crippen LogP contribution in [0.15, 0.2) is 12.5 Å². The Morgan fingerprint density at radius 2 is 2.20 bits per heavy atom. The van der Waals surface area contributed by atoms with Crippen LogP contribution in [0.4, 0.5) is 0 Å². The number of nitrogens with one attached hydrogen (secondary N) is 1. The fourth-order valence-corrected chi connectivity index (χ4v) is 3.40. The number of hydrogen-bond donors (Lipinski definition) is 2. The first-order chi connectivity index (χ1) is 9.75. The monoisotopic (exact) mass is 276 g/mol. The lowest BCUT2D eigenvalue weighted by Crippen LogP contribution is -2.40. The lowest BCUT2D eigenvalue weighted by Gasteiger charge is -2.22. The predicted octanol–water partition coefficient (Wildman–Crippen LogP) is 2.33. The van der Waals surface area contributed by atoms with Crippen molar-refractivity contribution in [3.05, 3.63) is 18.2 Å². The predicted molar refractivity (Wildman–Crippen MR) is 76.6 cm³/mol. The number of nitrogens with zero attached hydrogens (tertiary/aromatic N) is 2. The first-order valence-electron chi connectivity index (χ1n) is 7.81. The summed E-state index contributed by atoms with van der Waals surface area (Å²) in [6.45, 7) is 0. The van der Waals surface area contributed by atoms with E-state index in [9.17, 15) is 4.79 Å². The van der Waals surface area contributed by atoms with Gasteiger partial charge in [0.25, 0.3) is 0 Å². The van der Waals surface area contributed by atoms with Crippen LogP contribution in [0, 0.1) is 5.92 Å². The van der Waals surface area contributed by atoms with Crippen molar-refractivity contribution in [2.24, 2.45) is 11.8 Å². The molecule has 2 atom stereocenters. The lowest BCUT2D eigenvalue weighted by molar-refractivity contribution is -0.132. The molecule has 2 fully saturated rings. The highest BCUT2D eigenvalue weighted by Crippen LogP contribution is 2.42. The number of aromatic amines is 1. The molecule has 3 rings (SSSR count). The number of amides is 1. The molecule has 5 nitrogen and oxygen atoms in total. The minimum absolute atomic E-state index is 0.0959. The van der Waals surface area contributed by atoms with Crippen LogP contribution in [0.2, 0.25) is 0 Å². The third kappa shape index (κ3) is 3.03. The summed E-state index contributed by atoms with van der Waals surface area (Å²) in [6.07, 6.45) is 12.7. The molecule has 1 aromatic rings. The molecule has 2 aliphatic carbocycles. The zero-order chi connectivity index (χ0) is 13.9. The standard InChI is InChI=1S/C15H24N4O/c16-19(14-8-12(14)13-9-17-10-18-13)15(20)7-6-11-4-2-1-3-5-11/h9-12,14H,1-8,16H2,(H,17,18)/t12?,14-/m0/s1. The van der Waals surface area contributed by atoms with Crippen molar-refractivity contribution in [3.63, 3.8) is 0 Å².